The van der Waals surface area contributed by atoms with Crippen molar-refractivity contribution < 1.29 is 9.59 Å². The van der Waals surface area contributed by atoms with E-state index in [2.05, 4.69) is 39.1 Å². The van der Waals surface area contributed by atoms with Crippen LogP contribution in [0.5, 0.6) is 0 Å². The zero-order chi connectivity index (χ0) is 24.2. The molecule has 0 unspecified atom stereocenters. The lowest BCUT2D eigenvalue weighted by Gasteiger charge is -2.35. The Morgan fingerprint density at radius 2 is 1.94 bits per heavy atom. The Balaban J connectivity index is 1.57. The molecular formula is C28H38N4O2. The third-order valence-electron chi connectivity index (χ3n) is 8.10. The zero-order valence-electron chi connectivity index (χ0n) is 20.8. The number of Topliss-reactive ketones (excluding diaryl/α,β-unsaturated/α-hetero) is 1. The molecule has 2 heterocycles. The number of benzene rings is 1. The first kappa shape index (κ1) is 24.5. The Hall–Kier alpha value is -2.65. The maximum absolute atomic E-state index is 14.0. The molecule has 6 nitrogen and oxygen atoms in total. The van der Waals surface area contributed by atoms with Crippen LogP contribution in [0.3, 0.4) is 0 Å². The molecule has 1 saturated carbocycles. The number of fused-ring (bicyclic) bond motifs is 1. The van der Waals surface area contributed by atoms with Gasteiger partial charge >= 0.3 is 0 Å². The van der Waals surface area contributed by atoms with Gasteiger partial charge in [0.15, 0.2) is 0 Å². The van der Waals surface area contributed by atoms with Crippen molar-refractivity contribution in [3.05, 3.63) is 35.5 Å². The number of aryl methyl sites for hydroxylation is 1. The number of likely N-dealkylation sites (tertiary alicyclic amines) is 1. The SMILES string of the molecule is CN[C@@H](C)C(=O)C[C@H](C(=O)N1CCC[C@H]1Cn1cc(C#N)c2cc(C)ccc21)C1CCCCC1. The predicted octanol–water partition coefficient (Wildman–Crippen LogP) is 4.58. The standard InChI is InChI=1S/C28H38N4O2/c1-19-11-12-26-24(14-19)22(16-29)17-31(26)18-23-10-7-13-32(23)28(34)25(15-27(33)20(2)30-3)21-8-5-4-6-9-21/h11-12,14,17,20-21,23,25,30H,4-10,13,15,18H2,1-3H3/t20-,23-,25-/m0/s1. The first-order valence-electron chi connectivity index (χ1n) is 12.9. The quantitative estimate of drug-likeness (QED) is 0.623. The second-order valence-electron chi connectivity index (χ2n) is 10.3. The van der Waals surface area contributed by atoms with Crippen LogP contribution in [0.4, 0.5) is 0 Å². The van der Waals surface area contributed by atoms with Gasteiger partial charge in [-0.15, -0.1) is 0 Å². The van der Waals surface area contributed by atoms with E-state index >= 15 is 0 Å². The van der Waals surface area contributed by atoms with Crippen molar-refractivity contribution in [2.24, 2.45) is 11.8 Å². The van der Waals surface area contributed by atoms with Crippen molar-refractivity contribution in [2.75, 3.05) is 13.6 Å². The van der Waals surface area contributed by atoms with Gasteiger partial charge in [0.05, 0.1) is 11.6 Å². The number of rotatable bonds is 8. The predicted molar refractivity (Wildman–Crippen MR) is 134 cm³/mol. The summed E-state index contributed by atoms with van der Waals surface area (Å²) < 4.78 is 2.15. The summed E-state index contributed by atoms with van der Waals surface area (Å²) in [5, 5.41) is 13.7. The summed E-state index contributed by atoms with van der Waals surface area (Å²) in [7, 11) is 1.80. The molecule has 34 heavy (non-hydrogen) atoms. The monoisotopic (exact) mass is 462 g/mol. The Bertz CT molecular complexity index is 1080. The molecule has 2 aliphatic rings. The Kier molecular flexibility index (Phi) is 7.73. The van der Waals surface area contributed by atoms with E-state index in [-0.39, 0.29) is 29.7 Å². The number of ketones is 1. The minimum atomic E-state index is -0.229. The average molecular weight is 463 g/mol. The minimum absolute atomic E-state index is 0.0962. The van der Waals surface area contributed by atoms with E-state index < -0.39 is 0 Å². The first-order valence-corrected chi connectivity index (χ1v) is 12.9. The molecule has 0 bridgehead atoms. The number of likely N-dealkylation sites (N-methyl/N-ethyl adjacent to an activating group) is 1. The van der Waals surface area contributed by atoms with Crippen molar-refractivity contribution in [1.29, 1.82) is 5.26 Å². The van der Waals surface area contributed by atoms with Crippen LogP contribution in [0.2, 0.25) is 0 Å². The average Bonchev–Trinajstić information content (AvgIpc) is 3.46. The second kappa shape index (κ2) is 10.7. The van der Waals surface area contributed by atoms with Crippen LogP contribution in [0, 0.1) is 30.1 Å². The highest BCUT2D eigenvalue weighted by atomic mass is 16.2. The Morgan fingerprint density at radius 1 is 1.18 bits per heavy atom. The summed E-state index contributed by atoms with van der Waals surface area (Å²) in [6.07, 6.45) is 9.83. The van der Waals surface area contributed by atoms with E-state index in [4.69, 9.17) is 0 Å². The third-order valence-corrected chi connectivity index (χ3v) is 8.10. The van der Waals surface area contributed by atoms with Gasteiger partial charge in [-0.05, 0) is 64.6 Å². The molecule has 0 radical (unpaired) electrons. The number of nitrogens with one attached hydrogen (secondary N) is 1. The summed E-state index contributed by atoms with van der Waals surface area (Å²) in [6.45, 7) is 5.36. The molecule has 182 valence electrons. The van der Waals surface area contributed by atoms with Crippen molar-refractivity contribution in [3.8, 4) is 6.07 Å². The third kappa shape index (κ3) is 5.05. The van der Waals surface area contributed by atoms with Gasteiger partial charge in [0.25, 0.3) is 0 Å². The number of carbonyl (C=O) groups is 2. The fourth-order valence-corrected chi connectivity index (χ4v) is 5.95. The van der Waals surface area contributed by atoms with E-state index in [1.165, 1.54) is 6.42 Å². The lowest BCUT2D eigenvalue weighted by atomic mass is 9.76. The van der Waals surface area contributed by atoms with Gasteiger partial charge in [-0.3, -0.25) is 9.59 Å². The van der Waals surface area contributed by atoms with Crippen LogP contribution in [0.15, 0.2) is 24.4 Å². The molecule has 2 aromatic rings. The van der Waals surface area contributed by atoms with E-state index in [1.807, 2.05) is 20.0 Å². The van der Waals surface area contributed by atoms with Gasteiger partial charge in [0.1, 0.15) is 11.9 Å². The van der Waals surface area contributed by atoms with E-state index in [1.54, 1.807) is 7.05 Å². The Labute approximate surface area is 203 Å². The molecule has 2 fully saturated rings. The van der Waals surface area contributed by atoms with Crippen LogP contribution in [0.25, 0.3) is 10.9 Å². The van der Waals surface area contributed by atoms with Gasteiger partial charge < -0.3 is 14.8 Å². The van der Waals surface area contributed by atoms with Crippen LogP contribution < -0.4 is 5.32 Å². The molecule has 1 saturated heterocycles. The topological polar surface area (TPSA) is 78.1 Å². The maximum atomic E-state index is 14.0. The molecule has 1 N–H and O–H groups in total. The highest BCUT2D eigenvalue weighted by molar-refractivity contribution is 5.90. The molecule has 1 aromatic carbocycles. The van der Waals surface area contributed by atoms with Crippen LogP contribution in [0.1, 0.15) is 69.4 Å². The summed E-state index contributed by atoms with van der Waals surface area (Å²) >= 11 is 0. The molecule has 4 rings (SSSR count). The summed E-state index contributed by atoms with van der Waals surface area (Å²) in [4.78, 5) is 28.9. The number of amides is 1. The highest BCUT2D eigenvalue weighted by Crippen LogP contribution is 2.35. The summed E-state index contributed by atoms with van der Waals surface area (Å²) in [6, 6.07) is 8.42. The van der Waals surface area contributed by atoms with Gasteiger partial charge in [0.2, 0.25) is 5.91 Å². The zero-order valence-corrected chi connectivity index (χ0v) is 20.8. The number of hydrogen-bond donors (Lipinski definition) is 1. The number of hydrogen-bond acceptors (Lipinski definition) is 4. The molecule has 0 spiro atoms. The summed E-state index contributed by atoms with van der Waals surface area (Å²) in [5.41, 5.74) is 2.86. The van der Waals surface area contributed by atoms with Gasteiger partial charge in [-0.2, -0.15) is 5.26 Å². The fourth-order valence-electron chi connectivity index (χ4n) is 5.95. The number of nitriles is 1. The maximum Gasteiger partial charge on any atom is 0.226 e. The number of carbonyl (C=O) groups excluding carboxylic acids is 2. The van der Waals surface area contributed by atoms with Gasteiger partial charge in [-0.25, -0.2) is 0 Å². The second-order valence-corrected chi connectivity index (χ2v) is 10.3. The molecule has 1 aromatic heterocycles. The largest absolute Gasteiger partial charge is 0.344 e. The van der Waals surface area contributed by atoms with Crippen LogP contribution >= 0.6 is 0 Å². The highest BCUT2D eigenvalue weighted by Gasteiger charge is 2.39. The smallest absolute Gasteiger partial charge is 0.226 e. The first-order chi connectivity index (χ1) is 16.4. The minimum Gasteiger partial charge on any atom is -0.344 e. The van der Waals surface area contributed by atoms with E-state index in [0.717, 1.165) is 61.5 Å². The molecule has 6 heteroatoms. The summed E-state index contributed by atoms with van der Waals surface area (Å²) in [5.74, 6) is 0.380. The van der Waals surface area contributed by atoms with E-state index in [9.17, 15) is 14.9 Å². The van der Waals surface area contributed by atoms with Gasteiger partial charge in [0, 0.05) is 48.6 Å². The van der Waals surface area contributed by atoms with Gasteiger partial charge in [-0.1, -0.05) is 30.9 Å². The lowest BCUT2D eigenvalue weighted by Crippen LogP contribution is -2.45. The molecule has 1 aliphatic carbocycles. The molecule has 1 amide bonds. The molecular weight excluding hydrogens is 424 g/mol. The lowest BCUT2D eigenvalue weighted by molar-refractivity contribution is -0.141. The fraction of sp³-hybridized carbons (Fsp3) is 0.607. The number of aromatic nitrogens is 1. The van der Waals surface area contributed by atoms with Crippen molar-refractivity contribution in [3.63, 3.8) is 0 Å². The Morgan fingerprint density at radius 3 is 2.65 bits per heavy atom. The van der Waals surface area contributed by atoms with Crippen molar-refractivity contribution in [2.45, 2.75) is 83.8 Å². The van der Waals surface area contributed by atoms with Crippen molar-refractivity contribution >= 4 is 22.6 Å². The van der Waals surface area contributed by atoms with E-state index in [0.29, 0.717) is 24.4 Å². The number of nitrogens with zero attached hydrogens (tertiary/aromatic N) is 3. The molecule has 3 atom stereocenters. The molecule has 1 aliphatic heterocycles. The van der Waals surface area contributed by atoms with Crippen LogP contribution in [-0.2, 0) is 16.1 Å². The van der Waals surface area contributed by atoms with Crippen molar-refractivity contribution in [1.82, 2.24) is 14.8 Å². The van der Waals surface area contributed by atoms with Crippen LogP contribution in [-0.4, -0.2) is 46.8 Å². The normalized spacial score (nSPS) is 20.9.